The third-order valence-electron chi connectivity index (χ3n) is 3.03. The Kier molecular flexibility index (Phi) is 3.19. The largest absolute Gasteiger partial charge is 0.389 e. The van der Waals surface area contributed by atoms with Gasteiger partial charge in [0, 0.05) is 6.42 Å². The third kappa shape index (κ3) is 2.41. The van der Waals surface area contributed by atoms with Gasteiger partial charge in [-0.25, -0.2) is 8.42 Å². The zero-order valence-electron chi connectivity index (χ0n) is 10.8. The molecule has 1 atom stereocenters. The molecule has 18 heavy (non-hydrogen) atoms. The first-order valence-corrected chi connectivity index (χ1v) is 7.41. The summed E-state index contributed by atoms with van der Waals surface area (Å²) in [6.45, 7) is 5.33. The van der Waals surface area contributed by atoms with Crippen molar-refractivity contribution in [3.63, 3.8) is 0 Å². The van der Waals surface area contributed by atoms with Crippen molar-refractivity contribution < 1.29 is 13.3 Å². The van der Waals surface area contributed by atoms with E-state index in [-0.39, 0.29) is 5.04 Å². The molecule has 0 bridgehead atoms. The predicted octanol–water partition coefficient (Wildman–Crippen LogP) is 2.67. The van der Waals surface area contributed by atoms with Gasteiger partial charge in [0.05, 0.1) is 5.25 Å². The van der Waals surface area contributed by atoms with E-state index in [2.05, 4.69) is 5.16 Å². The molecule has 0 radical (unpaired) electrons. The Morgan fingerprint density at radius 1 is 1.28 bits per heavy atom. The van der Waals surface area contributed by atoms with Gasteiger partial charge in [0.2, 0.25) is 9.84 Å². The molecule has 0 aliphatic carbocycles. The number of sulfone groups is 1. The summed E-state index contributed by atoms with van der Waals surface area (Å²) in [6.07, 6.45) is 0.326. The second-order valence-corrected chi connectivity index (χ2v) is 7.38. The SMILES string of the molecule is CC(c1ccccc1)S(=O)(=O)C1=NOC(C)(C)C1. The Hall–Kier alpha value is -1.36. The first-order chi connectivity index (χ1) is 8.33. The maximum atomic E-state index is 12.4. The van der Waals surface area contributed by atoms with Gasteiger partial charge in [-0.05, 0) is 26.3 Å². The average Bonchev–Trinajstić information content (AvgIpc) is 2.70. The first kappa shape index (κ1) is 13.1. The van der Waals surface area contributed by atoms with Crippen molar-refractivity contribution in [2.24, 2.45) is 5.16 Å². The highest BCUT2D eigenvalue weighted by Gasteiger charge is 2.38. The number of rotatable bonds is 2. The van der Waals surface area contributed by atoms with E-state index in [1.807, 2.05) is 44.2 Å². The number of hydrogen-bond donors (Lipinski definition) is 0. The van der Waals surface area contributed by atoms with Gasteiger partial charge in [0.25, 0.3) is 0 Å². The summed E-state index contributed by atoms with van der Waals surface area (Å²) >= 11 is 0. The molecule has 1 heterocycles. The van der Waals surface area contributed by atoms with Crippen molar-refractivity contribution in [2.45, 2.75) is 38.0 Å². The van der Waals surface area contributed by atoms with Crippen LogP contribution in [-0.2, 0) is 14.7 Å². The molecule has 0 saturated carbocycles. The number of benzene rings is 1. The van der Waals surface area contributed by atoms with Crippen molar-refractivity contribution in [1.29, 1.82) is 0 Å². The highest BCUT2D eigenvalue weighted by Crippen LogP contribution is 2.31. The van der Waals surface area contributed by atoms with Gasteiger partial charge in [0.1, 0.15) is 5.60 Å². The van der Waals surface area contributed by atoms with E-state index in [1.54, 1.807) is 6.92 Å². The summed E-state index contributed by atoms with van der Waals surface area (Å²) in [6, 6.07) is 9.14. The van der Waals surface area contributed by atoms with Crippen LogP contribution in [0.15, 0.2) is 35.5 Å². The van der Waals surface area contributed by atoms with Crippen LogP contribution in [0.5, 0.6) is 0 Å². The molecular formula is C13H17NO3S. The minimum Gasteiger partial charge on any atom is -0.389 e. The normalized spacial score (nSPS) is 20.1. The van der Waals surface area contributed by atoms with E-state index < -0.39 is 20.7 Å². The Balaban J connectivity index is 2.28. The summed E-state index contributed by atoms with van der Waals surface area (Å²) in [5.41, 5.74) is 0.239. The van der Waals surface area contributed by atoms with Crippen LogP contribution in [0.3, 0.4) is 0 Å². The Bertz CT molecular complexity index is 561. The van der Waals surface area contributed by atoms with E-state index in [1.165, 1.54) is 0 Å². The zero-order valence-corrected chi connectivity index (χ0v) is 11.6. The molecular weight excluding hydrogens is 250 g/mol. The fourth-order valence-electron chi connectivity index (χ4n) is 1.86. The van der Waals surface area contributed by atoms with Crippen LogP contribution >= 0.6 is 0 Å². The molecule has 1 unspecified atom stereocenters. The molecule has 1 aromatic rings. The molecule has 98 valence electrons. The second-order valence-electron chi connectivity index (χ2n) is 5.11. The van der Waals surface area contributed by atoms with Gasteiger partial charge < -0.3 is 4.84 Å². The first-order valence-electron chi connectivity index (χ1n) is 5.87. The van der Waals surface area contributed by atoms with Crippen LogP contribution in [0.25, 0.3) is 0 Å². The van der Waals surface area contributed by atoms with Crippen LogP contribution in [0.4, 0.5) is 0 Å². The van der Waals surface area contributed by atoms with Gasteiger partial charge in [-0.15, -0.1) is 0 Å². The quantitative estimate of drug-likeness (QED) is 0.827. The maximum Gasteiger partial charge on any atom is 0.201 e. The fraction of sp³-hybridized carbons (Fsp3) is 0.462. The lowest BCUT2D eigenvalue weighted by atomic mass is 10.1. The molecule has 1 aliphatic rings. The molecule has 1 aromatic carbocycles. The van der Waals surface area contributed by atoms with Crippen LogP contribution in [0.2, 0.25) is 0 Å². The molecule has 0 saturated heterocycles. The van der Waals surface area contributed by atoms with E-state index >= 15 is 0 Å². The zero-order chi connectivity index (χ0) is 13.4. The van der Waals surface area contributed by atoms with E-state index in [4.69, 9.17) is 4.84 Å². The lowest BCUT2D eigenvalue weighted by Gasteiger charge is -2.15. The predicted molar refractivity (Wildman–Crippen MR) is 71.0 cm³/mol. The molecule has 0 aromatic heterocycles. The van der Waals surface area contributed by atoms with Gasteiger partial charge in [-0.3, -0.25) is 0 Å². The second kappa shape index (κ2) is 4.39. The smallest absolute Gasteiger partial charge is 0.201 e. The summed E-state index contributed by atoms with van der Waals surface area (Å²) in [5, 5.41) is 3.28. The molecule has 0 fully saturated rings. The fourth-order valence-corrected chi connectivity index (χ4v) is 3.48. The molecule has 1 aliphatic heterocycles. The van der Waals surface area contributed by atoms with Gasteiger partial charge in [0.15, 0.2) is 5.04 Å². The van der Waals surface area contributed by atoms with E-state index in [9.17, 15) is 8.42 Å². The van der Waals surface area contributed by atoms with Crippen molar-refractivity contribution in [3.8, 4) is 0 Å². The highest BCUT2D eigenvalue weighted by molar-refractivity contribution is 8.06. The molecule has 4 nitrogen and oxygen atoms in total. The number of nitrogens with zero attached hydrogens (tertiary/aromatic N) is 1. The van der Waals surface area contributed by atoms with Crippen LogP contribution in [-0.4, -0.2) is 19.1 Å². The molecule has 0 N–H and O–H groups in total. The van der Waals surface area contributed by atoms with Crippen molar-refractivity contribution in [3.05, 3.63) is 35.9 Å². The molecule has 2 rings (SSSR count). The van der Waals surface area contributed by atoms with E-state index in [0.717, 1.165) is 5.56 Å². The summed E-state index contributed by atoms with van der Waals surface area (Å²) in [4.78, 5) is 5.13. The Morgan fingerprint density at radius 2 is 1.89 bits per heavy atom. The third-order valence-corrected chi connectivity index (χ3v) is 5.11. The minimum absolute atomic E-state index is 0.142. The Morgan fingerprint density at radius 3 is 2.39 bits per heavy atom. The molecule has 5 heteroatoms. The standard InChI is InChI=1S/C13H17NO3S/c1-10(11-7-5-4-6-8-11)18(15,16)12-9-13(2,3)17-14-12/h4-8,10H,9H2,1-3H3. The maximum absolute atomic E-state index is 12.4. The van der Waals surface area contributed by atoms with Gasteiger partial charge in [-0.1, -0.05) is 35.5 Å². The monoisotopic (exact) mass is 267 g/mol. The summed E-state index contributed by atoms with van der Waals surface area (Å²) in [7, 11) is -3.44. The van der Waals surface area contributed by atoms with Crippen LogP contribution in [0, 0.1) is 0 Å². The summed E-state index contributed by atoms with van der Waals surface area (Å²) < 4.78 is 24.8. The van der Waals surface area contributed by atoms with Gasteiger partial charge in [-0.2, -0.15) is 0 Å². The van der Waals surface area contributed by atoms with E-state index in [0.29, 0.717) is 6.42 Å². The lowest BCUT2D eigenvalue weighted by molar-refractivity contribution is 0.0123. The lowest BCUT2D eigenvalue weighted by Crippen LogP contribution is -2.25. The van der Waals surface area contributed by atoms with Crippen molar-refractivity contribution >= 4 is 14.9 Å². The number of hydrogen-bond acceptors (Lipinski definition) is 4. The highest BCUT2D eigenvalue weighted by atomic mass is 32.2. The van der Waals surface area contributed by atoms with Gasteiger partial charge >= 0.3 is 0 Å². The Labute approximate surface area is 108 Å². The number of oxime groups is 1. The molecule has 0 amide bonds. The van der Waals surface area contributed by atoms with Crippen molar-refractivity contribution in [2.75, 3.05) is 0 Å². The van der Waals surface area contributed by atoms with Crippen molar-refractivity contribution in [1.82, 2.24) is 0 Å². The van der Waals surface area contributed by atoms with Crippen LogP contribution in [0.1, 0.15) is 38.0 Å². The average molecular weight is 267 g/mol. The summed E-state index contributed by atoms with van der Waals surface area (Å²) in [5.74, 6) is 0. The minimum atomic E-state index is -3.44. The van der Waals surface area contributed by atoms with Crippen LogP contribution < -0.4 is 0 Å². The molecule has 0 spiro atoms. The topological polar surface area (TPSA) is 55.7 Å².